The van der Waals surface area contributed by atoms with Crippen LogP contribution in [0, 0.1) is 9.39 Å². The van der Waals surface area contributed by atoms with Crippen molar-refractivity contribution in [3.63, 3.8) is 0 Å². The van der Waals surface area contributed by atoms with Crippen molar-refractivity contribution in [1.29, 1.82) is 0 Å². The second-order valence-electron chi connectivity index (χ2n) is 4.61. The van der Waals surface area contributed by atoms with E-state index in [0.717, 1.165) is 27.1 Å². The van der Waals surface area contributed by atoms with Gasteiger partial charge in [0.2, 0.25) is 0 Å². The van der Waals surface area contributed by atoms with Crippen LogP contribution in [0.3, 0.4) is 0 Å². The quantitative estimate of drug-likeness (QED) is 0.695. The molecule has 106 valence electrons. The van der Waals surface area contributed by atoms with Gasteiger partial charge in [0.05, 0.1) is 0 Å². The van der Waals surface area contributed by atoms with Crippen LogP contribution in [-0.2, 0) is 6.42 Å². The predicted molar refractivity (Wildman–Crippen MR) is 90.7 cm³/mol. The lowest BCUT2D eigenvalue weighted by molar-refractivity contribution is 0.545. The van der Waals surface area contributed by atoms with Gasteiger partial charge < -0.3 is 5.32 Å². The van der Waals surface area contributed by atoms with E-state index in [1.165, 1.54) is 11.6 Å². The lowest BCUT2D eigenvalue weighted by Crippen LogP contribution is -2.23. The third-order valence-electron chi connectivity index (χ3n) is 3.12. The lowest BCUT2D eigenvalue weighted by Gasteiger charge is -2.20. The highest BCUT2D eigenvalue weighted by molar-refractivity contribution is 14.1. The van der Waals surface area contributed by atoms with Gasteiger partial charge in [-0.25, -0.2) is 4.39 Å². The van der Waals surface area contributed by atoms with E-state index in [0.29, 0.717) is 0 Å². The Balaban J connectivity index is 2.26. The number of halogens is 3. The lowest BCUT2D eigenvalue weighted by atomic mass is 9.99. The van der Waals surface area contributed by atoms with Crippen LogP contribution in [0.1, 0.15) is 24.1 Å². The number of rotatable bonds is 5. The van der Waals surface area contributed by atoms with Gasteiger partial charge in [0.25, 0.3) is 0 Å². The summed E-state index contributed by atoms with van der Waals surface area (Å²) in [6, 6.07) is 13.0. The molecule has 0 spiro atoms. The minimum atomic E-state index is -0.198. The summed E-state index contributed by atoms with van der Waals surface area (Å²) in [5.41, 5.74) is 2.29. The van der Waals surface area contributed by atoms with Crippen molar-refractivity contribution in [1.82, 2.24) is 5.32 Å². The first kappa shape index (κ1) is 15.7. The highest BCUT2D eigenvalue weighted by Crippen LogP contribution is 2.25. The smallest absolute Gasteiger partial charge is 0.124 e. The molecule has 0 bridgehead atoms. The largest absolute Gasteiger partial charge is 0.310 e. The highest BCUT2D eigenvalue weighted by Gasteiger charge is 2.15. The van der Waals surface area contributed by atoms with E-state index < -0.39 is 0 Å². The standard InChI is InChI=1S/C16H16ClFIN/c1-2-20-16(9-11-4-3-5-12(17)8-11)14-7-6-13(18)10-15(14)19/h3-8,10,16,20H,2,9H2,1H3. The zero-order valence-electron chi connectivity index (χ0n) is 11.2. The highest BCUT2D eigenvalue weighted by atomic mass is 127. The van der Waals surface area contributed by atoms with Gasteiger partial charge in [-0.05, 0) is 70.9 Å². The molecule has 0 aromatic heterocycles. The Morgan fingerprint density at radius 2 is 2.05 bits per heavy atom. The van der Waals surface area contributed by atoms with Crippen LogP contribution in [0.4, 0.5) is 4.39 Å². The number of hydrogen-bond donors (Lipinski definition) is 1. The fraction of sp³-hybridized carbons (Fsp3) is 0.250. The molecule has 0 aliphatic rings. The van der Waals surface area contributed by atoms with Gasteiger partial charge in [0.15, 0.2) is 0 Å². The van der Waals surface area contributed by atoms with Crippen LogP contribution >= 0.6 is 34.2 Å². The third-order valence-corrected chi connectivity index (χ3v) is 4.29. The van der Waals surface area contributed by atoms with Crippen LogP contribution in [-0.4, -0.2) is 6.54 Å². The van der Waals surface area contributed by atoms with Crippen molar-refractivity contribution >= 4 is 34.2 Å². The van der Waals surface area contributed by atoms with E-state index in [4.69, 9.17) is 11.6 Å². The van der Waals surface area contributed by atoms with Gasteiger partial charge in [-0.2, -0.15) is 0 Å². The molecule has 1 unspecified atom stereocenters. The van der Waals surface area contributed by atoms with Crippen molar-refractivity contribution < 1.29 is 4.39 Å². The molecule has 0 amide bonds. The van der Waals surface area contributed by atoms with Crippen LogP contribution in [0.25, 0.3) is 0 Å². The first-order valence-corrected chi connectivity index (χ1v) is 7.98. The Labute approximate surface area is 137 Å². The van der Waals surface area contributed by atoms with Gasteiger partial charge in [0, 0.05) is 14.6 Å². The van der Waals surface area contributed by atoms with E-state index in [9.17, 15) is 4.39 Å². The average Bonchev–Trinajstić information content (AvgIpc) is 2.38. The molecule has 20 heavy (non-hydrogen) atoms. The molecular formula is C16H16ClFIN. The Morgan fingerprint density at radius 1 is 1.25 bits per heavy atom. The van der Waals surface area contributed by atoms with Gasteiger partial charge in [-0.1, -0.05) is 36.7 Å². The van der Waals surface area contributed by atoms with E-state index in [1.807, 2.05) is 24.3 Å². The van der Waals surface area contributed by atoms with Crippen molar-refractivity contribution in [2.24, 2.45) is 0 Å². The minimum Gasteiger partial charge on any atom is -0.310 e. The molecule has 2 aromatic rings. The maximum Gasteiger partial charge on any atom is 0.124 e. The first-order valence-electron chi connectivity index (χ1n) is 6.53. The Hall–Kier alpha value is -0.650. The number of hydrogen-bond acceptors (Lipinski definition) is 1. The molecule has 2 rings (SSSR count). The maximum atomic E-state index is 13.2. The molecule has 4 heteroatoms. The molecule has 0 radical (unpaired) electrons. The fourth-order valence-electron chi connectivity index (χ4n) is 2.22. The van der Waals surface area contributed by atoms with Crippen LogP contribution in [0.2, 0.25) is 5.02 Å². The van der Waals surface area contributed by atoms with Gasteiger partial charge in [-0.3, -0.25) is 0 Å². The van der Waals surface area contributed by atoms with E-state index in [-0.39, 0.29) is 11.9 Å². The normalized spacial score (nSPS) is 12.4. The second-order valence-corrected chi connectivity index (χ2v) is 6.21. The van der Waals surface area contributed by atoms with E-state index >= 15 is 0 Å². The molecule has 1 atom stereocenters. The molecule has 0 aliphatic carbocycles. The van der Waals surface area contributed by atoms with Gasteiger partial charge in [-0.15, -0.1) is 0 Å². The molecule has 0 saturated heterocycles. The van der Waals surface area contributed by atoms with Crippen molar-refractivity contribution in [3.05, 3.63) is 68.0 Å². The third kappa shape index (κ3) is 4.17. The van der Waals surface area contributed by atoms with Gasteiger partial charge in [0.1, 0.15) is 5.82 Å². The summed E-state index contributed by atoms with van der Waals surface area (Å²) in [5.74, 6) is -0.198. The molecule has 2 aromatic carbocycles. The van der Waals surface area contributed by atoms with Gasteiger partial charge >= 0.3 is 0 Å². The number of likely N-dealkylation sites (N-methyl/N-ethyl adjacent to an activating group) is 1. The molecule has 0 saturated carbocycles. The second kappa shape index (κ2) is 7.38. The molecule has 0 fully saturated rings. The monoisotopic (exact) mass is 403 g/mol. The molecule has 0 aliphatic heterocycles. The molecular weight excluding hydrogens is 388 g/mol. The van der Waals surface area contributed by atoms with Crippen molar-refractivity contribution in [2.45, 2.75) is 19.4 Å². The summed E-state index contributed by atoms with van der Waals surface area (Å²) in [4.78, 5) is 0. The predicted octanol–water partition coefficient (Wildman–Crippen LogP) is 4.98. The summed E-state index contributed by atoms with van der Waals surface area (Å²) in [6.45, 7) is 2.93. The van der Waals surface area contributed by atoms with Crippen molar-refractivity contribution in [3.8, 4) is 0 Å². The Bertz CT molecular complexity index is 588. The zero-order valence-corrected chi connectivity index (χ0v) is 14.1. The molecule has 1 N–H and O–H groups in total. The topological polar surface area (TPSA) is 12.0 Å². The first-order chi connectivity index (χ1) is 9.60. The van der Waals surface area contributed by atoms with E-state index in [2.05, 4.69) is 40.9 Å². The van der Waals surface area contributed by atoms with Crippen molar-refractivity contribution in [2.75, 3.05) is 6.54 Å². The Morgan fingerprint density at radius 3 is 2.70 bits per heavy atom. The van der Waals surface area contributed by atoms with Crippen LogP contribution < -0.4 is 5.32 Å². The van der Waals surface area contributed by atoms with Crippen LogP contribution in [0.5, 0.6) is 0 Å². The summed E-state index contributed by atoms with van der Waals surface area (Å²) < 4.78 is 14.2. The summed E-state index contributed by atoms with van der Waals surface area (Å²) in [6.07, 6.45) is 0.829. The van der Waals surface area contributed by atoms with E-state index in [1.54, 1.807) is 6.07 Å². The average molecular weight is 404 g/mol. The zero-order chi connectivity index (χ0) is 14.5. The maximum absolute atomic E-state index is 13.2. The van der Waals surface area contributed by atoms with Crippen LogP contribution in [0.15, 0.2) is 42.5 Å². The molecule has 0 heterocycles. The number of benzene rings is 2. The SMILES string of the molecule is CCNC(Cc1cccc(Cl)c1)c1ccc(F)cc1I. The summed E-state index contributed by atoms with van der Waals surface area (Å²) in [5, 5.41) is 4.20. The fourth-order valence-corrected chi connectivity index (χ4v) is 3.29. The molecule has 1 nitrogen and oxygen atoms in total. The summed E-state index contributed by atoms with van der Waals surface area (Å²) >= 11 is 8.22. The number of nitrogens with one attached hydrogen (secondary N) is 1. The summed E-state index contributed by atoms with van der Waals surface area (Å²) in [7, 11) is 0. The minimum absolute atomic E-state index is 0.158. The Kier molecular flexibility index (Phi) is 5.81.